The highest BCUT2D eigenvalue weighted by molar-refractivity contribution is 5.75. The van der Waals surface area contributed by atoms with E-state index in [0.29, 0.717) is 28.1 Å². The number of nitrogens with one attached hydrogen (secondary N) is 1. The Bertz CT molecular complexity index is 703. The van der Waals surface area contributed by atoms with Crippen LogP contribution in [0.4, 0.5) is 17.1 Å². The minimum absolute atomic E-state index is 0.0731. The normalized spacial score (nSPS) is 9.85. The number of hydrogen-bond acceptors (Lipinski definition) is 4. The molecule has 20 heavy (non-hydrogen) atoms. The Labute approximate surface area is 116 Å². The Balaban J connectivity index is 2.59. The van der Waals surface area contributed by atoms with Crippen LogP contribution < -0.4 is 5.32 Å². The van der Waals surface area contributed by atoms with Gasteiger partial charge in [-0.25, -0.2) is 0 Å². The van der Waals surface area contributed by atoms with Crippen LogP contribution in [0.1, 0.15) is 16.7 Å². The van der Waals surface area contributed by atoms with E-state index in [1.807, 2.05) is 6.07 Å². The molecule has 0 saturated carbocycles. The Morgan fingerprint density at radius 2 is 2.20 bits per heavy atom. The lowest BCUT2D eigenvalue weighted by molar-refractivity contribution is -0.384. The first-order valence-electron chi connectivity index (χ1n) is 5.96. The second kappa shape index (κ2) is 5.41. The smallest absolute Gasteiger partial charge is 0.296 e. The van der Waals surface area contributed by atoms with Gasteiger partial charge in [-0.1, -0.05) is 12.1 Å². The first kappa shape index (κ1) is 13.6. The molecule has 0 bridgehead atoms. The zero-order chi connectivity index (χ0) is 14.7. The standard InChI is InChI=1S/C15H12N3O2/c1-10-8-14(17-12-6-4-3-5-7-12)15(18(19)20)11(2)13(10)9-16/h3-4,6-8,17H,1-2H3. The summed E-state index contributed by atoms with van der Waals surface area (Å²) in [6.07, 6.45) is 0. The van der Waals surface area contributed by atoms with Crippen molar-refractivity contribution in [1.29, 1.82) is 5.26 Å². The highest BCUT2D eigenvalue weighted by Gasteiger charge is 2.22. The summed E-state index contributed by atoms with van der Waals surface area (Å²) >= 11 is 0. The number of nitro benzene ring substituents is 1. The maximum atomic E-state index is 11.3. The summed E-state index contributed by atoms with van der Waals surface area (Å²) in [4.78, 5) is 10.8. The predicted octanol–water partition coefficient (Wildman–Crippen LogP) is 3.63. The summed E-state index contributed by atoms with van der Waals surface area (Å²) in [5.41, 5.74) is 2.44. The quantitative estimate of drug-likeness (QED) is 0.679. The summed E-state index contributed by atoms with van der Waals surface area (Å²) in [6, 6.07) is 13.6. The lowest BCUT2D eigenvalue weighted by Gasteiger charge is -2.11. The minimum atomic E-state index is -0.468. The number of hydrogen-bond donors (Lipinski definition) is 1. The lowest BCUT2D eigenvalue weighted by atomic mass is 10.0. The van der Waals surface area contributed by atoms with Gasteiger partial charge in [0.1, 0.15) is 5.69 Å². The minimum Gasteiger partial charge on any atom is -0.350 e. The number of rotatable bonds is 3. The van der Waals surface area contributed by atoms with Gasteiger partial charge in [-0.05, 0) is 43.7 Å². The van der Waals surface area contributed by atoms with Crippen molar-refractivity contribution in [3.8, 4) is 6.07 Å². The summed E-state index contributed by atoms with van der Waals surface area (Å²) in [6.45, 7) is 3.35. The van der Waals surface area contributed by atoms with E-state index in [2.05, 4.69) is 11.4 Å². The molecule has 1 radical (unpaired) electrons. The van der Waals surface area contributed by atoms with Gasteiger partial charge in [0, 0.05) is 11.3 Å². The highest BCUT2D eigenvalue weighted by Crippen LogP contribution is 2.34. The third kappa shape index (κ3) is 2.45. The maximum absolute atomic E-state index is 11.3. The molecule has 0 aliphatic heterocycles. The van der Waals surface area contributed by atoms with Crippen LogP contribution >= 0.6 is 0 Å². The fourth-order valence-electron chi connectivity index (χ4n) is 2.10. The third-order valence-corrected chi connectivity index (χ3v) is 3.02. The molecule has 0 spiro atoms. The average Bonchev–Trinajstić information content (AvgIpc) is 2.39. The zero-order valence-corrected chi connectivity index (χ0v) is 11.1. The highest BCUT2D eigenvalue weighted by atomic mass is 16.6. The molecule has 5 nitrogen and oxygen atoms in total. The van der Waals surface area contributed by atoms with Gasteiger partial charge in [-0.2, -0.15) is 5.26 Å². The van der Waals surface area contributed by atoms with Gasteiger partial charge >= 0.3 is 0 Å². The Hall–Kier alpha value is -2.87. The van der Waals surface area contributed by atoms with E-state index in [1.54, 1.807) is 44.2 Å². The van der Waals surface area contributed by atoms with Crippen molar-refractivity contribution in [1.82, 2.24) is 0 Å². The number of nitrogens with zero attached hydrogens (tertiary/aromatic N) is 2. The molecule has 2 aromatic carbocycles. The van der Waals surface area contributed by atoms with Crippen LogP contribution in [0.25, 0.3) is 0 Å². The number of nitriles is 1. The van der Waals surface area contributed by atoms with Crippen LogP contribution in [-0.4, -0.2) is 4.92 Å². The van der Waals surface area contributed by atoms with E-state index in [1.165, 1.54) is 0 Å². The van der Waals surface area contributed by atoms with Gasteiger partial charge in [-0.3, -0.25) is 10.1 Å². The van der Waals surface area contributed by atoms with Crippen LogP contribution in [0.2, 0.25) is 0 Å². The van der Waals surface area contributed by atoms with Crippen LogP contribution in [0.3, 0.4) is 0 Å². The molecule has 0 aliphatic carbocycles. The van der Waals surface area contributed by atoms with Crippen molar-refractivity contribution in [2.75, 3.05) is 5.32 Å². The molecular weight excluding hydrogens is 254 g/mol. The molecule has 5 heteroatoms. The summed E-state index contributed by atoms with van der Waals surface area (Å²) < 4.78 is 0. The van der Waals surface area contributed by atoms with Crippen molar-refractivity contribution in [3.63, 3.8) is 0 Å². The van der Waals surface area contributed by atoms with Gasteiger partial charge < -0.3 is 5.32 Å². The average molecular weight is 266 g/mol. The molecular formula is C15H12N3O2. The SMILES string of the molecule is Cc1cc(Nc2c[c]ccc2)c([N+](=O)[O-])c(C)c1C#N. The summed E-state index contributed by atoms with van der Waals surface area (Å²) in [5, 5.41) is 23.4. The molecule has 0 aliphatic rings. The molecule has 0 saturated heterocycles. The van der Waals surface area contributed by atoms with E-state index in [0.717, 1.165) is 0 Å². The van der Waals surface area contributed by atoms with Gasteiger partial charge in [0.25, 0.3) is 5.69 Å². The lowest BCUT2D eigenvalue weighted by Crippen LogP contribution is -2.02. The molecule has 0 aromatic heterocycles. The van der Waals surface area contributed by atoms with Gasteiger partial charge in [0.05, 0.1) is 16.6 Å². The van der Waals surface area contributed by atoms with E-state index in [-0.39, 0.29) is 5.69 Å². The van der Waals surface area contributed by atoms with E-state index >= 15 is 0 Å². The monoisotopic (exact) mass is 266 g/mol. The molecule has 0 fully saturated rings. The van der Waals surface area contributed by atoms with Crippen LogP contribution in [-0.2, 0) is 0 Å². The third-order valence-electron chi connectivity index (χ3n) is 3.02. The van der Waals surface area contributed by atoms with E-state index in [4.69, 9.17) is 5.26 Å². The number of benzene rings is 2. The molecule has 0 heterocycles. The van der Waals surface area contributed by atoms with Crippen LogP contribution in [0.15, 0.2) is 30.3 Å². The molecule has 0 unspecified atom stereocenters. The molecule has 99 valence electrons. The molecule has 2 rings (SSSR count). The van der Waals surface area contributed by atoms with Crippen molar-refractivity contribution >= 4 is 17.1 Å². The first-order chi connectivity index (χ1) is 9.54. The Morgan fingerprint density at radius 1 is 1.45 bits per heavy atom. The summed E-state index contributed by atoms with van der Waals surface area (Å²) in [7, 11) is 0. The van der Waals surface area contributed by atoms with Crippen LogP contribution in [0, 0.1) is 41.4 Å². The van der Waals surface area contributed by atoms with Crippen molar-refractivity contribution in [2.24, 2.45) is 0 Å². The number of aryl methyl sites for hydroxylation is 1. The topological polar surface area (TPSA) is 79.0 Å². The second-order valence-electron chi connectivity index (χ2n) is 4.38. The van der Waals surface area contributed by atoms with Gasteiger partial charge in [0.2, 0.25) is 0 Å². The number of nitro groups is 1. The molecule has 2 aromatic rings. The van der Waals surface area contributed by atoms with Crippen molar-refractivity contribution < 1.29 is 4.92 Å². The first-order valence-corrected chi connectivity index (χ1v) is 5.96. The van der Waals surface area contributed by atoms with Crippen molar-refractivity contribution in [2.45, 2.75) is 13.8 Å². The van der Waals surface area contributed by atoms with Gasteiger partial charge in [-0.15, -0.1) is 0 Å². The Kier molecular flexibility index (Phi) is 3.67. The second-order valence-corrected chi connectivity index (χ2v) is 4.38. The van der Waals surface area contributed by atoms with E-state index < -0.39 is 4.92 Å². The molecule has 0 amide bonds. The van der Waals surface area contributed by atoms with Gasteiger partial charge in [0.15, 0.2) is 0 Å². The zero-order valence-electron chi connectivity index (χ0n) is 11.1. The van der Waals surface area contributed by atoms with Crippen molar-refractivity contribution in [3.05, 3.63) is 63.2 Å². The van der Waals surface area contributed by atoms with E-state index in [9.17, 15) is 10.1 Å². The predicted molar refractivity (Wildman–Crippen MR) is 75.8 cm³/mol. The number of anilines is 2. The van der Waals surface area contributed by atoms with Crippen LogP contribution in [0.5, 0.6) is 0 Å². The summed E-state index contributed by atoms with van der Waals surface area (Å²) in [5.74, 6) is 0. The maximum Gasteiger partial charge on any atom is 0.296 e. The fourth-order valence-corrected chi connectivity index (χ4v) is 2.10. The molecule has 0 atom stereocenters. The largest absolute Gasteiger partial charge is 0.350 e. The Morgan fingerprint density at radius 3 is 2.75 bits per heavy atom. The fraction of sp³-hybridized carbons (Fsp3) is 0.133. The molecule has 1 N–H and O–H groups in total.